The summed E-state index contributed by atoms with van der Waals surface area (Å²) in [4.78, 5) is 4.45. The summed E-state index contributed by atoms with van der Waals surface area (Å²) in [5.74, 6) is 0.654. The summed E-state index contributed by atoms with van der Waals surface area (Å²) in [6, 6.07) is 10.7. The SMILES string of the molecule is c1ccc(NC2=NC[C@@H]3CCC[C@@H]3O2)cc1. The molecule has 2 aliphatic rings. The van der Waals surface area contributed by atoms with E-state index in [0.717, 1.165) is 12.2 Å². The van der Waals surface area contributed by atoms with Crippen LogP contribution in [0.3, 0.4) is 0 Å². The Morgan fingerprint density at radius 2 is 2.06 bits per heavy atom. The van der Waals surface area contributed by atoms with Crippen LogP contribution in [0.2, 0.25) is 0 Å². The van der Waals surface area contributed by atoms with E-state index in [2.05, 4.69) is 10.3 Å². The average molecular weight is 216 g/mol. The number of anilines is 1. The molecule has 0 unspecified atom stereocenters. The van der Waals surface area contributed by atoms with Gasteiger partial charge in [-0.15, -0.1) is 0 Å². The van der Waals surface area contributed by atoms with E-state index < -0.39 is 0 Å². The lowest BCUT2D eigenvalue weighted by atomic mass is 10.1. The van der Waals surface area contributed by atoms with E-state index in [0.29, 0.717) is 18.0 Å². The average Bonchev–Trinajstić information content (AvgIpc) is 2.77. The second kappa shape index (κ2) is 4.16. The predicted molar refractivity (Wildman–Crippen MR) is 64.6 cm³/mol. The van der Waals surface area contributed by atoms with Crippen molar-refractivity contribution in [1.82, 2.24) is 0 Å². The number of nitrogens with zero attached hydrogens (tertiary/aromatic N) is 1. The normalized spacial score (nSPS) is 27.9. The Morgan fingerprint density at radius 1 is 1.19 bits per heavy atom. The lowest BCUT2D eigenvalue weighted by molar-refractivity contribution is 0.133. The van der Waals surface area contributed by atoms with Crippen LogP contribution in [-0.4, -0.2) is 18.7 Å². The Kier molecular flexibility index (Phi) is 2.52. The number of amidine groups is 1. The Morgan fingerprint density at radius 3 is 2.94 bits per heavy atom. The van der Waals surface area contributed by atoms with Crippen molar-refractivity contribution in [1.29, 1.82) is 0 Å². The molecular weight excluding hydrogens is 200 g/mol. The third kappa shape index (κ3) is 1.90. The standard InChI is InChI=1S/C13H16N2O/c1-2-6-11(7-3-1)15-13-14-9-10-5-4-8-12(10)16-13/h1-3,6-7,10,12H,4-5,8-9H2,(H,14,15)/t10-,12-/m0/s1. The molecule has 1 aromatic carbocycles. The second-order valence-electron chi connectivity index (χ2n) is 4.48. The third-order valence-electron chi connectivity index (χ3n) is 3.35. The molecule has 2 atom stereocenters. The largest absolute Gasteiger partial charge is 0.461 e. The molecule has 0 spiro atoms. The van der Waals surface area contributed by atoms with Crippen molar-refractivity contribution in [2.45, 2.75) is 25.4 Å². The highest BCUT2D eigenvalue weighted by Crippen LogP contribution is 2.31. The van der Waals surface area contributed by atoms with Crippen LogP contribution in [0.25, 0.3) is 0 Å². The van der Waals surface area contributed by atoms with Crippen molar-refractivity contribution < 1.29 is 4.74 Å². The fourth-order valence-electron chi connectivity index (χ4n) is 2.46. The predicted octanol–water partition coefficient (Wildman–Crippen LogP) is 2.65. The van der Waals surface area contributed by atoms with E-state index in [-0.39, 0.29) is 0 Å². The van der Waals surface area contributed by atoms with Crippen LogP contribution >= 0.6 is 0 Å². The molecular formula is C13H16N2O. The highest BCUT2D eigenvalue weighted by atomic mass is 16.5. The van der Waals surface area contributed by atoms with E-state index in [1.54, 1.807) is 0 Å². The summed E-state index contributed by atoms with van der Waals surface area (Å²) in [7, 11) is 0. The van der Waals surface area contributed by atoms with Crippen molar-refractivity contribution in [2.24, 2.45) is 10.9 Å². The lowest BCUT2D eigenvalue weighted by Gasteiger charge is -2.26. The number of rotatable bonds is 1. The van der Waals surface area contributed by atoms with Crippen LogP contribution in [0.5, 0.6) is 0 Å². The van der Waals surface area contributed by atoms with Gasteiger partial charge in [0, 0.05) is 11.6 Å². The first-order valence-electron chi connectivity index (χ1n) is 5.95. The number of ether oxygens (including phenoxy) is 1. The van der Waals surface area contributed by atoms with Gasteiger partial charge in [0.05, 0.1) is 6.54 Å². The third-order valence-corrected chi connectivity index (χ3v) is 3.35. The molecule has 16 heavy (non-hydrogen) atoms. The van der Waals surface area contributed by atoms with Gasteiger partial charge in [0.2, 0.25) is 0 Å². The Labute approximate surface area is 95.5 Å². The van der Waals surface area contributed by atoms with E-state index in [9.17, 15) is 0 Å². The number of fused-ring (bicyclic) bond motifs is 1. The number of hydrogen-bond acceptors (Lipinski definition) is 3. The fraction of sp³-hybridized carbons (Fsp3) is 0.462. The van der Waals surface area contributed by atoms with Gasteiger partial charge in [0.25, 0.3) is 6.02 Å². The molecule has 1 saturated carbocycles. The zero-order chi connectivity index (χ0) is 10.8. The van der Waals surface area contributed by atoms with Gasteiger partial charge >= 0.3 is 0 Å². The lowest BCUT2D eigenvalue weighted by Crippen LogP contribution is -2.33. The van der Waals surface area contributed by atoms with Gasteiger partial charge in [-0.1, -0.05) is 18.2 Å². The molecule has 1 heterocycles. The smallest absolute Gasteiger partial charge is 0.289 e. The fourth-order valence-corrected chi connectivity index (χ4v) is 2.46. The minimum atomic E-state index is 0.392. The zero-order valence-electron chi connectivity index (χ0n) is 9.23. The number of aliphatic imine (C=N–C) groups is 1. The molecule has 1 aliphatic heterocycles. The molecule has 0 aromatic heterocycles. The molecule has 1 aliphatic carbocycles. The monoisotopic (exact) mass is 216 g/mol. The molecule has 3 rings (SSSR count). The van der Waals surface area contributed by atoms with Gasteiger partial charge in [-0.25, -0.2) is 4.99 Å². The van der Waals surface area contributed by atoms with Crippen molar-refractivity contribution in [3.05, 3.63) is 30.3 Å². The van der Waals surface area contributed by atoms with Crippen LogP contribution in [0.15, 0.2) is 35.3 Å². The van der Waals surface area contributed by atoms with E-state index in [1.807, 2.05) is 30.3 Å². The van der Waals surface area contributed by atoms with Gasteiger partial charge in [0.15, 0.2) is 0 Å². The molecule has 3 nitrogen and oxygen atoms in total. The zero-order valence-corrected chi connectivity index (χ0v) is 9.23. The number of benzene rings is 1. The minimum Gasteiger partial charge on any atom is -0.461 e. The van der Waals surface area contributed by atoms with E-state index >= 15 is 0 Å². The molecule has 1 fully saturated rings. The highest BCUT2D eigenvalue weighted by Gasteiger charge is 2.32. The first-order chi connectivity index (χ1) is 7.92. The minimum absolute atomic E-state index is 0.392. The van der Waals surface area contributed by atoms with Crippen LogP contribution in [0, 0.1) is 5.92 Å². The second-order valence-corrected chi connectivity index (χ2v) is 4.48. The van der Waals surface area contributed by atoms with Crippen LogP contribution < -0.4 is 5.32 Å². The van der Waals surface area contributed by atoms with Crippen molar-refractivity contribution in [2.75, 3.05) is 11.9 Å². The maximum absolute atomic E-state index is 5.85. The maximum atomic E-state index is 5.85. The maximum Gasteiger partial charge on any atom is 0.289 e. The van der Waals surface area contributed by atoms with Crippen LogP contribution in [0.4, 0.5) is 5.69 Å². The first kappa shape index (κ1) is 9.70. The van der Waals surface area contributed by atoms with Gasteiger partial charge in [-0.05, 0) is 31.4 Å². The summed E-state index contributed by atoms with van der Waals surface area (Å²) in [5, 5.41) is 3.22. The van der Waals surface area contributed by atoms with Gasteiger partial charge < -0.3 is 10.1 Å². The Bertz CT molecular complexity index is 388. The quantitative estimate of drug-likeness (QED) is 0.783. The number of hydrogen-bond donors (Lipinski definition) is 1. The summed E-state index contributed by atoms with van der Waals surface area (Å²) >= 11 is 0. The molecule has 0 radical (unpaired) electrons. The first-order valence-corrected chi connectivity index (χ1v) is 5.95. The van der Waals surface area contributed by atoms with Crippen molar-refractivity contribution in [3.63, 3.8) is 0 Å². The summed E-state index contributed by atoms with van der Waals surface area (Å²) in [6.45, 7) is 0.917. The molecule has 0 bridgehead atoms. The highest BCUT2D eigenvalue weighted by molar-refractivity contribution is 5.89. The van der Waals surface area contributed by atoms with E-state index in [1.165, 1.54) is 19.3 Å². The molecule has 0 saturated heterocycles. The topological polar surface area (TPSA) is 33.6 Å². The molecule has 1 aromatic rings. The van der Waals surface area contributed by atoms with Gasteiger partial charge in [0.1, 0.15) is 6.10 Å². The van der Waals surface area contributed by atoms with Crippen LogP contribution in [0.1, 0.15) is 19.3 Å². The van der Waals surface area contributed by atoms with Crippen molar-refractivity contribution >= 4 is 11.7 Å². The van der Waals surface area contributed by atoms with Crippen molar-refractivity contribution in [3.8, 4) is 0 Å². The Balaban J connectivity index is 1.68. The molecule has 0 amide bonds. The molecule has 3 heteroatoms. The van der Waals surface area contributed by atoms with E-state index in [4.69, 9.17) is 4.74 Å². The van der Waals surface area contributed by atoms with Crippen LogP contribution in [-0.2, 0) is 4.74 Å². The molecule has 84 valence electrons. The summed E-state index contributed by atoms with van der Waals surface area (Å²) in [6.07, 6.45) is 4.12. The summed E-state index contributed by atoms with van der Waals surface area (Å²) < 4.78 is 5.85. The van der Waals surface area contributed by atoms with Gasteiger partial charge in [-0.2, -0.15) is 0 Å². The number of nitrogens with one attached hydrogen (secondary N) is 1. The number of para-hydroxylation sites is 1. The molecule has 1 N–H and O–H groups in total. The Hall–Kier alpha value is -1.51. The summed E-state index contributed by atoms with van der Waals surface area (Å²) in [5.41, 5.74) is 1.04. The van der Waals surface area contributed by atoms with Gasteiger partial charge in [-0.3, -0.25) is 0 Å².